The lowest BCUT2D eigenvalue weighted by Crippen LogP contribution is -2.26. The van der Waals surface area contributed by atoms with Crippen LogP contribution in [0.2, 0.25) is 0 Å². The molecule has 1 heterocycles. The van der Waals surface area contributed by atoms with Gasteiger partial charge in [-0.2, -0.15) is 0 Å². The number of hydrogen-bond donors (Lipinski definition) is 1. The van der Waals surface area contributed by atoms with E-state index in [2.05, 4.69) is 36.9 Å². The minimum absolute atomic E-state index is 0.645. The number of anilines is 1. The van der Waals surface area contributed by atoms with E-state index in [1.165, 1.54) is 62.0 Å². The lowest BCUT2D eigenvalue weighted by atomic mass is 9.96. The van der Waals surface area contributed by atoms with Gasteiger partial charge in [-0.25, -0.2) is 0 Å². The van der Waals surface area contributed by atoms with Gasteiger partial charge in [0.2, 0.25) is 0 Å². The molecule has 2 rings (SSSR count). The number of aryl methyl sites for hydroxylation is 1. The second-order valence-corrected chi connectivity index (χ2v) is 5.86. The van der Waals surface area contributed by atoms with E-state index in [1.807, 2.05) is 0 Å². The fraction of sp³-hybridized carbons (Fsp3) is 0.647. The molecule has 2 N–H and O–H groups in total. The van der Waals surface area contributed by atoms with Crippen molar-refractivity contribution in [1.29, 1.82) is 0 Å². The molecule has 1 fully saturated rings. The van der Waals surface area contributed by atoms with E-state index in [4.69, 9.17) is 5.73 Å². The van der Waals surface area contributed by atoms with Crippen LogP contribution in [-0.4, -0.2) is 13.1 Å². The molecule has 0 saturated carbocycles. The zero-order chi connectivity index (χ0) is 13.7. The smallest absolute Gasteiger partial charge is 0.0441 e. The Kier molecular flexibility index (Phi) is 5.26. The molecular weight excluding hydrogens is 232 g/mol. The molecule has 0 aliphatic carbocycles. The van der Waals surface area contributed by atoms with E-state index in [9.17, 15) is 0 Å². The molecule has 1 atom stereocenters. The van der Waals surface area contributed by atoms with Crippen molar-refractivity contribution in [1.82, 2.24) is 0 Å². The Balaban J connectivity index is 2.14. The zero-order valence-corrected chi connectivity index (χ0v) is 12.5. The van der Waals surface area contributed by atoms with Crippen molar-refractivity contribution in [2.45, 2.75) is 52.5 Å². The molecule has 0 spiro atoms. The van der Waals surface area contributed by atoms with E-state index in [0.29, 0.717) is 6.54 Å². The van der Waals surface area contributed by atoms with Crippen molar-refractivity contribution in [2.24, 2.45) is 11.7 Å². The van der Waals surface area contributed by atoms with E-state index in [1.54, 1.807) is 0 Å². The quantitative estimate of drug-likeness (QED) is 0.890. The normalized spacial score (nSPS) is 20.4. The third-order valence-corrected chi connectivity index (χ3v) is 4.40. The van der Waals surface area contributed by atoms with E-state index < -0.39 is 0 Å². The average Bonchev–Trinajstić information content (AvgIpc) is 2.64. The van der Waals surface area contributed by atoms with Gasteiger partial charge in [-0.05, 0) is 43.2 Å². The molecule has 1 saturated heterocycles. The summed E-state index contributed by atoms with van der Waals surface area (Å²) in [5.41, 5.74) is 9.99. The maximum atomic E-state index is 5.91. The van der Waals surface area contributed by atoms with Gasteiger partial charge >= 0.3 is 0 Å². The summed E-state index contributed by atoms with van der Waals surface area (Å²) in [6, 6.07) is 6.51. The van der Waals surface area contributed by atoms with Crippen molar-refractivity contribution < 1.29 is 0 Å². The highest BCUT2D eigenvalue weighted by Gasteiger charge is 2.19. The van der Waals surface area contributed by atoms with Gasteiger partial charge < -0.3 is 10.6 Å². The molecule has 0 radical (unpaired) electrons. The van der Waals surface area contributed by atoms with E-state index >= 15 is 0 Å². The van der Waals surface area contributed by atoms with E-state index in [-0.39, 0.29) is 0 Å². The zero-order valence-electron chi connectivity index (χ0n) is 12.5. The second-order valence-electron chi connectivity index (χ2n) is 5.86. The van der Waals surface area contributed by atoms with Crippen LogP contribution >= 0.6 is 0 Å². The summed E-state index contributed by atoms with van der Waals surface area (Å²) in [5.74, 6) is 0.931. The number of rotatable bonds is 4. The molecule has 2 heteroatoms. The summed E-state index contributed by atoms with van der Waals surface area (Å²) >= 11 is 0. The summed E-state index contributed by atoms with van der Waals surface area (Å²) in [6.07, 6.45) is 6.78. The van der Waals surface area contributed by atoms with Crippen LogP contribution in [0.1, 0.15) is 50.2 Å². The Labute approximate surface area is 118 Å². The number of nitrogens with two attached hydrogens (primary N) is 1. The van der Waals surface area contributed by atoms with Crippen molar-refractivity contribution >= 4 is 5.69 Å². The molecule has 1 aromatic rings. The first kappa shape index (κ1) is 14.4. The van der Waals surface area contributed by atoms with Gasteiger partial charge in [0, 0.05) is 25.3 Å². The Bertz CT molecular complexity index is 400. The number of nitrogens with zero attached hydrogens (tertiary/aromatic N) is 1. The first-order valence-corrected chi connectivity index (χ1v) is 7.79. The molecule has 0 amide bonds. The fourth-order valence-corrected chi connectivity index (χ4v) is 3.42. The molecule has 19 heavy (non-hydrogen) atoms. The summed E-state index contributed by atoms with van der Waals surface area (Å²) in [4.78, 5) is 2.58. The summed E-state index contributed by atoms with van der Waals surface area (Å²) in [5, 5.41) is 0. The standard InChI is InChI=1S/C17H28N2/c1-3-6-15-8-5-11-19(12-10-15)17-14(2)7-4-9-16(17)13-18/h4,7,9,15H,3,5-6,8,10-13,18H2,1-2H3. The van der Waals surface area contributed by atoms with Gasteiger partial charge in [0.1, 0.15) is 0 Å². The minimum Gasteiger partial charge on any atom is -0.371 e. The molecule has 1 unspecified atom stereocenters. The Morgan fingerprint density at radius 3 is 2.84 bits per heavy atom. The van der Waals surface area contributed by atoms with Crippen LogP contribution in [-0.2, 0) is 6.54 Å². The van der Waals surface area contributed by atoms with Crippen LogP contribution in [0.25, 0.3) is 0 Å². The second kappa shape index (κ2) is 6.95. The van der Waals surface area contributed by atoms with Crippen LogP contribution in [0.5, 0.6) is 0 Å². The average molecular weight is 260 g/mol. The number of para-hydroxylation sites is 1. The first-order valence-electron chi connectivity index (χ1n) is 7.79. The summed E-state index contributed by atoms with van der Waals surface area (Å²) in [6.45, 7) is 7.55. The maximum Gasteiger partial charge on any atom is 0.0441 e. The Morgan fingerprint density at radius 1 is 1.26 bits per heavy atom. The van der Waals surface area contributed by atoms with Crippen molar-refractivity contribution in [3.63, 3.8) is 0 Å². The highest BCUT2D eigenvalue weighted by atomic mass is 15.1. The SMILES string of the molecule is CCCC1CCCN(c2c(C)cccc2CN)CC1. The third kappa shape index (κ3) is 3.50. The van der Waals surface area contributed by atoms with Crippen molar-refractivity contribution in [2.75, 3.05) is 18.0 Å². The van der Waals surface area contributed by atoms with Crippen molar-refractivity contribution in [3.05, 3.63) is 29.3 Å². The molecule has 1 aliphatic heterocycles. The summed E-state index contributed by atoms with van der Waals surface area (Å²) in [7, 11) is 0. The van der Waals surface area contributed by atoms with Gasteiger partial charge in [-0.15, -0.1) is 0 Å². The highest BCUT2D eigenvalue weighted by molar-refractivity contribution is 5.59. The Morgan fingerprint density at radius 2 is 2.11 bits per heavy atom. The van der Waals surface area contributed by atoms with Crippen LogP contribution < -0.4 is 10.6 Å². The maximum absolute atomic E-state index is 5.91. The van der Waals surface area contributed by atoms with E-state index in [0.717, 1.165) is 5.92 Å². The molecule has 2 nitrogen and oxygen atoms in total. The van der Waals surface area contributed by atoms with Crippen LogP contribution in [0.4, 0.5) is 5.69 Å². The molecule has 1 aromatic carbocycles. The summed E-state index contributed by atoms with van der Waals surface area (Å²) < 4.78 is 0. The largest absolute Gasteiger partial charge is 0.371 e. The highest BCUT2D eigenvalue weighted by Crippen LogP contribution is 2.30. The van der Waals surface area contributed by atoms with Gasteiger partial charge in [0.15, 0.2) is 0 Å². The molecular formula is C17H28N2. The van der Waals surface area contributed by atoms with Crippen LogP contribution in [0, 0.1) is 12.8 Å². The van der Waals surface area contributed by atoms with Gasteiger partial charge in [-0.1, -0.05) is 38.0 Å². The Hall–Kier alpha value is -1.02. The number of benzene rings is 1. The predicted molar refractivity (Wildman–Crippen MR) is 83.5 cm³/mol. The van der Waals surface area contributed by atoms with Gasteiger partial charge in [0.05, 0.1) is 0 Å². The lowest BCUT2D eigenvalue weighted by Gasteiger charge is -2.27. The molecule has 106 valence electrons. The minimum atomic E-state index is 0.645. The number of hydrogen-bond acceptors (Lipinski definition) is 2. The lowest BCUT2D eigenvalue weighted by molar-refractivity contribution is 0.435. The molecule has 0 bridgehead atoms. The topological polar surface area (TPSA) is 29.3 Å². The predicted octanol–water partition coefficient (Wildman–Crippen LogP) is 3.86. The molecule has 0 aromatic heterocycles. The van der Waals surface area contributed by atoms with Crippen LogP contribution in [0.3, 0.4) is 0 Å². The van der Waals surface area contributed by atoms with Crippen LogP contribution in [0.15, 0.2) is 18.2 Å². The van der Waals surface area contributed by atoms with Crippen molar-refractivity contribution in [3.8, 4) is 0 Å². The van der Waals surface area contributed by atoms with Gasteiger partial charge in [0.25, 0.3) is 0 Å². The third-order valence-electron chi connectivity index (χ3n) is 4.40. The molecule has 1 aliphatic rings. The van der Waals surface area contributed by atoms with Gasteiger partial charge in [-0.3, -0.25) is 0 Å². The fourth-order valence-electron chi connectivity index (χ4n) is 3.42. The monoisotopic (exact) mass is 260 g/mol. The first-order chi connectivity index (χ1) is 9.26.